The van der Waals surface area contributed by atoms with Gasteiger partial charge >= 0.3 is 0 Å². The zero-order valence-electron chi connectivity index (χ0n) is 8.43. The third-order valence-electron chi connectivity index (χ3n) is 2.33. The molecule has 0 amide bonds. The lowest BCUT2D eigenvalue weighted by Crippen LogP contribution is -2.13. The second kappa shape index (κ2) is 3.92. The Morgan fingerprint density at radius 1 is 1.33 bits per heavy atom. The molecule has 15 heavy (non-hydrogen) atoms. The van der Waals surface area contributed by atoms with Crippen LogP contribution in [0.1, 0.15) is 11.8 Å². The van der Waals surface area contributed by atoms with Gasteiger partial charge in [0, 0.05) is 12.8 Å². The maximum atomic E-state index is 11.2. The molecule has 0 aromatic heterocycles. The van der Waals surface area contributed by atoms with E-state index in [2.05, 4.69) is 5.32 Å². The minimum atomic E-state index is -3.10. The average Bonchev–Trinajstić information content (AvgIpc) is 2.69. The highest BCUT2D eigenvalue weighted by molar-refractivity contribution is 7.90. The standard InChI is InChI=1S/C10H13NO3S/c1-15(12,13)9-4-2-8(3-5-9)10-11-6-7-14-10/h2-5,10-11H,6-7H2,1H3/t10-/m1/s1. The molecule has 0 bridgehead atoms. The van der Waals surface area contributed by atoms with Gasteiger partial charge in [-0.1, -0.05) is 12.1 Å². The van der Waals surface area contributed by atoms with Crippen molar-refractivity contribution in [2.45, 2.75) is 11.1 Å². The van der Waals surface area contributed by atoms with Crippen molar-refractivity contribution in [3.63, 3.8) is 0 Å². The first-order valence-electron chi connectivity index (χ1n) is 4.72. The fourth-order valence-corrected chi connectivity index (χ4v) is 2.16. The molecule has 1 aliphatic rings. The van der Waals surface area contributed by atoms with E-state index >= 15 is 0 Å². The normalized spacial score (nSPS) is 21.8. The number of nitrogens with one attached hydrogen (secondary N) is 1. The predicted molar refractivity (Wildman–Crippen MR) is 56.2 cm³/mol. The highest BCUT2D eigenvalue weighted by atomic mass is 32.2. The van der Waals surface area contributed by atoms with Gasteiger partial charge in [0.2, 0.25) is 0 Å². The molecule has 1 fully saturated rings. The van der Waals surface area contributed by atoms with Crippen molar-refractivity contribution in [2.75, 3.05) is 19.4 Å². The number of sulfone groups is 1. The van der Waals surface area contributed by atoms with Gasteiger partial charge in [0.25, 0.3) is 0 Å². The van der Waals surface area contributed by atoms with Gasteiger partial charge in [0.1, 0.15) is 6.23 Å². The van der Waals surface area contributed by atoms with Crippen molar-refractivity contribution >= 4 is 9.84 Å². The van der Waals surface area contributed by atoms with E-state index in [0.717, 1.165) is 12.1 Å². The first-order chi connectivity index (χ1) is 7.07. The molecule has 0 radical (unpaired) electrons. The van der Waals surface area contributed by atoms with E-state index in [1.54, 1.807) is 24.3 Å². The van der Waals surface area contributed by atoms with Crippen LogP contribution < -0.4 is 5.32 Å². The summed E-state index contributed by atoms with van der Waals surface area (Å²) in [6, 6.07) is 6.76. The van der Waals surface area contributed by atoms with Crippen LogP contribution in [-0.2, 0) is 14.6 Å². The molecule has 1 N–H and O–H groups in total. The van der Waals surface area contributed by atoms with E-state index in [4.69, 9.17) is 4.74 Å². The summed E-state index contributed by atoms with van der Waals surface area (Å²) in [5.74, 6) is 0. The Hall–Kier alpha value is -0.910. The lowest BCUT2D eigenvalue weighted by atomic mass is 10.2. The van der Waals surface area contributed by atoms with Crippen molar-refractivity contribution in [3.05, 3.63) is 29.8 Å². The summed E-state index contributed by atoms with van der Waals surface area (Å²) in [4.78, 5) is 0.337. The largest absolute Gasteiger partial charge is 0.358 e. The molecular weight excluding hydrogens is 214 g/mol. The Kier molecular flexibility index (Phi) is 2.77. The highest BCUT2D eigenvalue weighted by Gasteiger charge is 2.17. The number of ether oxygens (including phenoxy) is 1. The summed E-state index contributed by atoms with van der Waals surface area (Å²) in [7, 11) is -3.10. The topological polar surface area (TPSA) is 55.4 Å². The van der Waals surface area contributed by atoms with E-state index in [1.165, 1.54) is 6.26 Å². The van der Waals surface area contributed by atoms with Crippen LogP contribution in [0.2, 0.25) is 0 Å². The zero-order valence-corrected chi connectivity index (χ0v) is 9.25. The van der Waals surface area contributed by atoms with Crippen molar-refractivity contribution < 1.29 is 13.2 Å². The second-order valence-corrected chi connectivity index (χ2v) is 5.56. The van der Waals surface area contributed by atoms with Gasteiger partial charge in [-0.15, -0.1) is 0 Å². The first-order valence-corrected chi connectivity index (χ1v) is 6.61. The minimum Gasteiger partial charge on any atom is -0.358 e. The third-order valence-corrected chi connectivity index (χ3v) is 3.46. The summed E-state index contributed by atoms with van der Waals surface area (Å²) in [5.41, 5.74) is 0.958. The Balaban J connectivity index is 2.24. The van der Waals surface area contributed by atoms with E-state index in [9.17, 15) is 8.42 Å². The van der Waals surface area contributed by atoms with Gasteiger partial charge in [0.15, 0.2) is 9.84 Å². The summed E-state index contributed by atoms with van der Waals surface area (Å²) >= 11 is 0. The van der Waals surface area contributed by atoms with Gasteiger partial charge in [-0.25, -0.2) is 8.42 Å². The van der Waals surface area contributed by atoms with Crippen molar-refractivity contribution in [1.82, 2.24) is 5.32 Å². The summed E-state index contributed by atoms with van der Waals surface area (Å²) < 4.78 is 27.8. The van der Waals surface area contributed by atoms with Crippen molar-refractivity contribution in [1.29, 1.82) is 0 Å². The predicted octanol–water partition coefficient (Wildman–Crippen LogP) is 0.709. The molecule has 1 atom stereocenters. The Morgan fingerprint density at radius 3 is 2.47 bits per heavy atom. The quantitative estimate of drug-likeness (QED) is 0.808. The average molecular weight is 227 g/mol. The van der Waals surface area contributed by atoms with Crippen LogP contribution in [-0.4, -0.2) is 27.8 Å². The fraction of sp³-hybridized carbons (Fsp3) is 0.400. The van der Waals surface area contributed by atoms with Crippen LogP contribution in [0, 0.1) is 0 Å². The van der Waals surface area contributed by atoms with Gasteiger partial charge in [-0.3, -0.25) is 5.32 Å². The molecule has 0 spiro atoms. The number of hydrogen-bond donors (Lipinski definition) is 1. The van der Waals surface area contributed by atoms with Crippen LogP contribution in [0.3, 0.4) is 0 Å². The molecule has 82 valence electrons. The molecule has 1 aromatic rings. The molecule has 1 saturated heterocycles. The monoisotopic (exact) mass is 227 g/mol. The molecule has 1 heterocycles. The molecule has 1 aliphatic heterocycles. The number of rotatable bonds is 2. The maximum absolute atomic E-state index is 11.2. The molecule has 1 aromatic carbocycles. The van der Waals surface area contributed by atoms with Gasteiger partial charge in [0.05, 0.1) is 11.5 Å². The van der Waals surface area contributed by atoms with E-state index < -0.39 is 9.84 Å². The summed E-state index contributed by atoms with van der Waals surface area (Å²) in [5, 5.41) is 3.16. The Labute approximate surface area is 89.2 Å². The second-order valence-electron chi connectivity index (χ2n) is 3.55. The molecule has 2 rings (SSSR count). The van der Waals surface area contributed by atoms with Gasteiger partial charge < -0.3 is 4.74 Å². The van der Waals surface area contributed by atoms with E-state index in [-0.39, 0.29) is 6.23 Å². The van der Waals surface area contributed by atoms with Gasteiger partial charge in [-0.2, -0.15) is 0 Å². The van der Waals surface area contributed by atoms with Crippen LogP contribution in [0.25, 0.3) is 0 Å². The van der Waals surface area contributed by atoms with Crippen LogP contribution in [0.15, 0.2) is 29.2 Å². The SMILES string of the molecule is CS(=O)(=O)c1ccc([C@@H]2NCCO2)cc1. The van der Waals surface area contributed by atoms with Gasteiger partial charge in [-0.05, 0) is 17.7 Å². The smallest absolute Gasteiger partial charge is 0.175 e. The molecule has 0 saturated carbocycles. The first kappa shape index (κ1) is 10.6. The Bertz CT molecular complexity index is 432. The number of hydrogen-bond acceptors (Lipinski definition) is 4. The number of benzene rings is 1. The van der Waals surface area contributed by atoms with E-state index in [1.807, 2.05) is 0 Å². The lowest BCUT2D eigenvalue weighted by molar-refractivity contribution is 0.102. The lowest BCUT2D eigenvalue weighted by Gasteiger charge is -2.10. The van der Waals surface area contributed by atoms with Crippen LogP contribution in [0.5, 0.6) is 0 Å². The van der Waals surface area contributed by atoms with Crippen LogP contribution >= 0.6 is 0 Å². The molecule has 4 nitrogen and oxygen atoms in total. The van der Waals surface area contributed by atoms with Crippen LogP contribution in [0.4, 0.5) is 0 Å². The highest BCUT2D eigenvalue weighted by Crippen LogP contribution is 2.19. The fourth-order valence-electron chi connectivity index (χ4n) is 1.53. The van der Waals surface area contributed by atoms with E-state index in [0.29, 0.717) is 11.5 Å². The summed E-state index contributed by atoms with van der Waals surface area (Å²) in [6.45, 7) is 1.52. The third kappa shape index (κ3) is 2.37. The molecular formula is C10H13NO3S. The zero-order chi connectivity index (χ0) is 10.9. The molecule has 0 unspecified atom stereocenters. The van der Waals surface area contributed by atoms with Crippen molar-refractivity contribution in [3.8, 4) is 0 Å². The Morgan fingerprint density at radius 2 is 2.00 bits per heavy atom. The molecule has 5 heteroatoms. The van der Waals surface area contributed by atoms with Crippen molar-refractivity contribution in [2.24, 2.45) is 0 Å². The molecule has 0 aliphatic carbocycles. The maximum Gasteiger partial charge on any atom is 0.175 e. The summed E-state index contributed by atoms with van der Waals surface area (Å²) in [6.07, 6.45) is 1.10. The minimum absolute atomic E-state index is 0.0985.